The highest BCUT2D eigenvalue weighted by Gasteiger charge is 2.28. The van der Waals surface area contributed by atoms with E-state index in [2.05, 4.69) is 15.2 Å². The molecule has 0 spiro atoms. The van der Waals surface area contributed by atoms with E-state index in [0.717, 1.165) is 11.3 Å². The van der Waals surface area contributed by atoms with Crippen LogP contribution in [0.3, 0.4) is 0 Å². The Bertz CT molecular complexity index is 800. The van der Waals surface area contributed by atoms with Gasteiger partial charge in [-0.25, -0.2) is 0 Å². The summed E-state index contributed by atoms with van der Waals surface area (Å²) < 4.78 is 7.14. The number of amides is 1. The molecule has 144 valence electrons. The number of aromatic nitrogens is 2. The van der Waals surface area contributed by atoms with Gasteiger partial charge in [-0.05, 0) is 31.0 Å². The first-order valence-electron chi connectivity index (χ1n) is 9.33. The molecule has 3 heterocycles. The highest BCUT2D eigenvalue weighted by atomic mass is 16.5. The van der Waals surface area contributed by atoms with Gasteiger partial charge >= 0.3 is 0 Å². The van der Waals surface area contributed by atoms with E-state index in [9.17, 15) is 9.59 Å². The van der Waals surface area contributed by atoms with Crippen LogP contribution in [0.1, 0.15) is 23.7 Å². The van der Waals surface area contributed by atoms with Crippen LogP contribution in [-0.4, -0.2) is 53.2 Å². The highest BCUT2D eigenvalue weighted by Crippen LogP contribution is 2.21. The van der Waals surface area contributed by atoms with Gasteiger partial charge in [0.1, 0.15) is 6.04 Å². The largest absolute Gasteiger partial charge is 0.379 e. The van der Waals surface area contributed by atoms with Crippen LogP contribution in [0, 0.1) is 6.92 Å². The average Bonchev–Trinajstić information content (AvgIpc) is 2.69. The second-order valence-corrected chi connectivity index (χ2v) is 6.64. The molecule has 1 atom stereocenters. The Hall–Kier alpha value is -2.51. The second-order valence-electron chi connectivity index (χ2n) is 6.64. The number of pyridine rings is 2. The third-order valence-corrected chi connectivity index (χ3v) is 4.79. The van der Waals surface area contributed by atoms with Crippen molar-refractivity contribution >= 4 is 5.91 Å². The third-order valence-electron chi connectivity index (χ3n) is 4.79. The van der Waals surface area contributed by atoms with E-state index in [1.54, 1.807) is 29.1 Å². The number of hydrogen-bond acceptors (Lipinski definition) is 5. The molecule has 1 aliphatic heterocycles. The summed E-state index contributed by atoms with van der Waals surface area (Å²) in [5.74, 6) is -0.0398. The van der Waals surface area contributed by atoms with Crippen molar-refractivity contribution in [2.45, 2.75) is 25.9 Å². The molecule has 7 heteroatoms. The number of aryl methyl sites for hydroxylation is 1. The Morgan fingerprint density at radius 1 is 1.26 bits per heavy atom. The van der Waals surface area contributed by atoms with E-state index in [1.807, 2.05) is 25.1 Å². The van der Waals surface area contributed by atoms with Gasteiger partial charge in [-0.2, -0.15) is 0 Å². The molecule has 1 saturated heterocycles. The number of nitrogens with one attached hydrogen (secondary N) is 1. The number of hydrogen-bond donors (Lipinski definition) is 1. The van der Waals surface area contributed by atoms with Crippen LogP contribution in [0.2, 0.25) is 0 Å². The molecule has 0 aromatic carbocycles. The molecule has 27 heavy (non-hydrogen) atoms. The smallest absolute Gasteiger partial charge is 0.250 e. The molecule has 0 unspecified atom stereocenters. The van der Waals surface area contributed by atoms with Crippen LogP contribution in [0.15, 0.2) is 47.5 Å². The van der Waals surface area contributed by atoms with Crippen LogP contribution in [0.5, 0.6) is 0 Å². The van der Waals surface area contributed by atoms with E-state index < -0.39 is 0 Å². The Labute approximate surface area is 159 Å². The zero-order valence-electron chi connectivity index (χ0n) is 15.6. The number of rotatable bonds is 7. The minimum atomic E-state index is -0.371. The van der Waals surface area contributed by atoms with Crippen LogP contribution in [-0.2, 0) is 16.1 Å². The minimum absolute atomic E-state index is 0.0112. The molecule has 1 N–H and O–H groups in total. The van der Waals surface area contributed by atoms with Crippen molar-refractivity contribution in [3.8, 4) is 0 Å². The molecule has 1 amide bonds. The van der Waals surface area contributed by atoms with Crippen LogP contribution >= 0.6 is 0 Å². The molecule has 1 aliphatic rings. The summed E-state index contributed by atoms with van der Waals surface area (Å²) in [7, 11) is 0. The van der Waals surface area contributed by atoms with Crippen LogP contribution < -0.4 is 10.9 Å². The molecule has 1 fully saturated rings. The zero-order valence-corrected chi connectivity index (χ0v) is 15.6. The van der Waals surface area contributed by atoms with Gasteiger partial charge in [0.05, 0.1) is 13.2 Å². The molecule has 7 nitrogen and oxygen atoms in total. The molecule has 0 bridgehead atoms. The first-order valence-corrected chi connectivity index (χ1v) is 9.33. The quantitative estimate of drug-likeness (QED) is 0.740. The molecule has 0 saturated carbocycles. The highest BCUT2D eigenvalue weighted by molar-refractivity contribution is 5.83. The molecular weight excluding hydrogens is 344 g/mol. The summed E-state index contributed by atoms with van der Waals surface area (Å²) in [5.41, 5.74) is 1.80. The maximum absolute atomic E-state index is 12.9. The summed E-state index contributed by atoms with van der Waals surface area (Å²) in [6.45, 7) is 5.69. The fourth-order valence-corrected chi connectivity index (χ4v) is 3.36. The summed E-state index contributed by atoms with van der Waals surface area (Å²) in [5, 5.41) is 3.02. The lowest BCUT2D eigenvalue weighted by molar-refractivity contribution is -0.128. The molecule has 3 rings (SSSR count). The Morgan fingerprint density at radius 2 is 2.07 bits per heavy atom. The lowest BCUT2D eigenvalue weighted by Gasteiger charge is -2.33. The first kappa shape index (κ1) is 19.3. The monoisotopic (exact) mass is 370 g/mol. The predicted octanol–water partition coefficient (Wildman–Crippen LogP) is 1.13. The summed E-state index contributed by atoms with van der Waals surface area (Å²) in [6, 6.07) is 8.64. The Balaban J connectivity index is 1.60. The van der Waals surface area contributed by atoms with Crippen molar-refractivity contribution in [3.63, 3.8) is 0 Å². The number of ether oxygens (including phenoxy) is 1. The summed E-state index contributed by atoms with van der Waals surface area (Å²) >= 11 is 0. The van der Waals surface area contributed by atoms with Crippen molar-refractivity contribution in [2.24, 2.45) is 0 Å². The minimum Gasteiger partial charge on any atom is -0.379 e. The van der Waals surface area contributed by atoms with Crippen LogP contribution in [0.4, 0.5) is 0 Å². The SMILES string of the molecule is Cc1cccc(=O)n1CCCNC(=O)[C@H](c1cccnc1)N1CCOCC1. The van der Waals surface area contributed by atoms with Gasteiger partial charge in [0, 0.05) is 50.3 Å². The van der Waals surface area contributed by atoms with Gasteiger partial charge in [0.2, 0.25) is 5.91 Å². The molecule has 0 radical (unpaired) electrons. The standard InChI is InChI=1S/C20H26N4O3/c1-16-5-2-7-18(25)24(16)10-4-9-22-20(26)19(17-6-3-8-21-15-17)23-11-13-27-14-12-23/h2-3,5-8,15,19H,4,9-14H2,1H3,(H,22,26)/t19-/m0/s1. The van der Waals surface area contributed by atoms with E-state index in [-0.39, 0.29) is 17.5 Å². The van der Waals surface area contributed by atoms with Gasteiger partial charge in [-0.15, -0.1) is 0 Å². The normalized spacial score (nSPS) is 16.0. The molecular formula is C20H26N4O3. The molecule has 2 aromatic rings. The van der Waals surface area contributed by atoms with Gasteiger partial charge < -0.3 is 14.6 Å². The third kappa shape index (κ3) is 5.02. The maximum Gasteiger partial charge on any atom is 0.250 e. The summed E-state index contributed by atoms with van der Waals surface area (Å²) in [4.78, 5) is 31.1. The number of morpholine rings is 1. The fraction of sp³-hybridized carbons (Fsp3) is 0.450. The van der Waals surface area contributed by atoms with Gasteiger partial charge in [0.15, 0.2) is 0 Å². The maximum atomic E-state index is 12.9. The number of carbonyl (C=O) groups excluding carboxylic acids is 1. The molecule has 0 aliphatic carbocycles. The van der Waals surface area contributed by atoms with Crippen molar-refractivity contribution in [2.75, 3.05) is 32.8 Å². The van der Waals surface area contributed by atoms with Gasteiger partial charge in [-0.3, -0.25) is 19.5 Å². The van der Waals surface area contributed by atoms with Gasteiger partial charge in [-0.1, -0.05) is 12.1 Å². The second kappa shape index (κ2) is 9.43. The molecule has 2 aromatic heterocycles. The number of carbonyl (C=O) groups is 1. The lowest BCUT2D eigenvalue weighted by Crippen LogP contribution is -2.46. The summed E-state index contributed by atoms with van der Waals surface area (Å²) in [6.07, 6.45) is 4.14. The number of nitrogens with zero attached hydrogens (tertiary/aromatic N) is 3. The van der Waals surface area contributed by atoms with Crippen molar-refractivity contribution in [1.29, 1.82) is 0 Å². The predicted molar refractivity (Wildman–Crippen MR) is 102 cm³/mol. The topological polar surface area (TPSA) is 76.5 Å². The van der Waals surface area contributed by atoms with E-state index in [0.29, 0.717) is 45.8 Å². The van der Waals surface area contributed by atoms with Crippen molar-refractivity contribution in [3.05, 3.63) is 64.3 Å². The van der Waals surface area contributed by atoms with E-state index in [4.69, 9.17) is 4.74 Å². The first-order chi connectivity index (χ1) is 13.2. The van der Waals surface area contributed by atoms with Crippen LogP contribution in [0.25, 0.3) is 0 Å². The van der Waals surface area contributed by atoms with Crippen molar-refractivity contribution in [1.82, 2.24) is 19.8 Å². The Morgan fingerprint density at radius 3 is 2.78 bits per heavy atom. The Kier molecular flexibility index (Phi) is 6.73. The van der Waals surface area contributed by atoms with Gasteiger partial charge in [0.25, 0.3) is 5.56 Å². The lowest BCUT2D eigenvalue weighted by atomic mass is 10.1. The van der Waals surface area contributed by atoms with E-state index >= 15 is 0 Å². The van der Waals surface area contributed by atoms with Crippen molar-refractivity contribution < 1.29 is 9.53 Å². The zero-order chi connectivity index (χ0) is 19.1. The fourth-order valence-electron chi connectivity index (χ4n) is 3.36. The van der Waals surface area contributed by atoms with E-state index in [1.165, 1.54) is 0 Å². The average molecular weight is 370 g/mol.